The SMILES string of the molecule is CCNC(=NCC(=O)N1CCCC1)NCC(c1ccccc1OC)N(C)C.I. The minimum atomic E-state index is 0. The maximum absolute atomic E-state index is 12.2. The van der Waals surface area contributed by atoms with Crippen LogP contribution in [-0.4, -0.2) is 75.6 Å². The normalized spacial score (nSPS) is 15.2. The summed E-state index contributed by atoms with van der Waals surface area (Å²) in [5.41, 5.74) is 1.11. The zero-order chi connectivity index (χ0) is 19.6. The summed E-state index contributed by atoms with van der Waals surface area (Å²) in [7, 11) is 5.77. The zero-order valence-corrected chi connectivity index (χ0v) is 19.7. The Morgan fingerprint density at radius 3 is 2.54 bits per heavy atom. The molecule has 0 radical (unpaired) electrons. The molecule has 1 aromatic rings. The van der Waals surface area contributed by atoms with Gasteiger partial charge in [0.25, 0.3) is 0 Å². The molecule has 2 rings (SSSR count). The van der Waals surface area contributed by atoms with Crippen molar-refractivity contribution < 1.29 is 9.53 Å². The van der Waals surface area contributed by atoms with E-state index < -0.39 is 0 Å². The Morgan fingerprint density at radius 2 is 1.93 bits per heavy atom. The van der Waals surface area contributed by atoms with Gasteiger partial charge in [0.05, 0.1) is 13.2 Å². The van der Waals surface area contributed by atoms with Crippen LogP contribution in [0.4, 0.5) is 0 Å². The van der Waals surface area contributed by atoms with Crippen molar-refractivity contribution >= 4 is 35.8 Å². The third kappa shape index (κ3) is 7.12. The summed E-state index contributed by atoms with van der Waals surface area (Å²) in [5, 5.41) is 6.59. The number of likely N-dealkylation sites (N-methyl/N-ethyl adjacent to an activating group) is 1. The number of aliphatic imine (C=N–C) groups is 1. The first-order valence-electron chi connectivity index (χ1n) is 9.66. The Balaban J connectivity index is 0.00000392. The number of carbonyl (C=O) groups is 1. The van der Waals surface area contributed by atoms with Gasteiger partial charge in [-0.15, -0.1) is 24.0 Å². The molecule has 28 heavy (non-hydrogen) atoms. The Morgan fingerprint density at radius 1 is 1.25 bits per heavy atom. The molecule has 1 saturated heterocycles. The smallest absolute Gasteiger partial charge is 0.244 e. The van der Waals surface area contributed by atoms with Crippen LogP contribution in [0.1, 0.15) is 31.4 Å². The number of carbonyl (C=O) groups excluding carboxylic acids is 1. The first-order valence-corrected chi connectivity index (χ1v) is 9.66. The van der Waals surface area contributed by atoms with Crippen LogP contribution in [-0.2, 0) is 4.79 Å². The molecule has 158 valence electrons. The number of hydrogen-bond acceptors (Lipinski definition) is 4. The fraction of sp³-hybridized carbons (Fsp3) is 0.600. The second kappa shape index (κ2) is 12.8. The van der Waals surface area contributed by atoms with Crippen LogP contribution in [0.15, 0.2) is 29.3 Å². The maximum Gasteiger partial charge on any atom is 0.244 e. The lowest BCUT2D eigenvalue weighted by molar-refractivity contribution is -0.128. The van der Waals surface area contributed by atoms with Gasteiger partial charge in [0.15, 0.2) is 5.96 Å². The van der Waals surface area contributed by atoms with Gasteiger partial charge >= 0.3 is 0 Å². The van der Waals surface area contributed by atoms with Crippen LogP contribution in [0, 0.1) is 0 Å². The fourth-order valence-corrected chi connectivity index (χ4v) is 3.26. The molecule has 0 aromatic heterocycles. The summed E-state index contributed by atoms with van der Waals surface area (Å²) >= 11 is 0. The van der Waals surface area contributed by atoms with Crippen LogP contribution >= 0.6 is 24.0 Å². The highest BCUT2D eigenvalue weighted by Gasteiger charge is 2.20. The predicted octanol–water partition coefficient (Wildman–Crippen LogP) is 2.09. The average molecular weight is 503 g/mol. The highest BCUT2D eigenvalue weighted by atomic mass is 127. The number of guanidine groups is 1. The third-order valence-electron chi connectivity index (χ3n) is 4.76. The molecule has 0 spiro atoms. The Hall–Kier alpha value is -1.55. The van der Waals surface area contributed by atoms with Crippen molar-refractivity contribution in [3.8, 4) is 5.75 Å². The molecule has 1 aromatic carbocycles. The summed E-state index contributed by atoms with van der Waals surface area (Å²) < 4.78 is 5.52. The molecular formula is C20H34IN5O2. The van der Waals surface area contributed by atoms with Crippen molar-refractivity contribution in [2.45, 2.75) is 25.8 Å². The Kier molecular flexibility index (Phi) is 11.2. The number of likely N-dealkylation sites (tertiary alicyclic amines) is 1. The lowest BCUT2D eigenvalue weighted by Crippen LogP contribution is -2.42. The second-order valence-corrected chi connectivity index (χ2v) is 6.89. The molecule has 1 fully saturated rings. The van der Waals surface area contributed by atoms with Crippen molar-refractivity contribution in [3.63, 3.8) is 0 Å². The molecule has 2 N–H and O–H groups in total. The highest BCUT2D eigenvalue weighted by molar-refractivity contribution is 14.0. The van der Waals surface area contributed by atoms with Gasteiger partial charge in [-0.25, -0.2) is 4.99 Å². The van der Waals surface area contributed by atoms with E-state index in [0.29, 0.717) is 12.5 Å². The van der Waals surface area contributed by atoms with Crippen molar-refractivity contribution in [2.75, 3.05) is 53.9 Å². The minimum Gasteiger partial charge on any atom is -0.496 e. The summed E-state index contributed by atoms with van der Waals surface area (Å²) in [4.78, 5) is 20.8. The number of benzene rings is 1. The number of hydrogen-bond donors (Lipinski definition) is 2. The van der Waals surface area contributed by atoms with E-state index in [1.165, 1.54) is 0 Å². The van der Waals surface area contributed by atoms with Crippen LogP contribution in [0.25, 0.3) is 0 Å². The maximum atomic E-state index is 12.2. The number of ether oxygens (including phenoxy) is 1. The summed E-state index contributed by atoms with van der Waals surface area (Å²) in [6.45, 7) is 5.30. The molecule has 0 saturated carbocycles. The van der Waals surface area contributed by atoms with E-state index in [1.807, 2.05) is 44.1 Å². The Bertz CT molecular complexity index is 633. The van der Waals surface area contributed by atoms with Crippen molar-refractivity contribution in [3.05, 3.63) is 29.8 Å². The second-order valence-electron chi connectivity index (χ2n) is 6.89. The molecule has 0 aliphatic carbocycles. The quantitative estimate of drug-likeness (QED) is 0.323. The lowest BCUT2D eigenvalue weighted by atomic mass is 10.0. The van der Waals surface area contributed by atoms with Crippen LogP contribution < -0.4 is 15.4 Å². The topological polar surface area (TPSA) is 69.2 Å². The van der Waals surface area contributed by atoms with Gasteiger partial charge in [0.2, 0.25) is 5.91 Å². The van der Waals surface area contributed by atoms with E-state index in [2.05, 4.69) is 26.6 Å². The number of rotatable bonds is 8. The molecule has 1 aliphatic heterocycles. The van der Waals surface area contributed by atoms with Gasteiger partial charge in [-0.3, -0.25) is 4.79 Å². The summed E-state index contributed by atoms with van der Waals surface area (Å²) in [6.07, 6.45) is 2.19. The van der Waals surface area contributed by atoms with E-state index in [-0.39, 0.29) is 42.5 Å². The fourth-order valence-electron chi connectivity index (χ4n) is 3.26. The van der Waals surface area contributed by atoms with Gasteiger partial charge in [-0.1, -0.05) is 18.2 Å². The van der Waals surface area contributed by atoms with Gasteiger partial charge in [0, 0.05) is 31.7 Å². The van der Waals surface area contributed by atoms with Crippen LogP contribution in [0.2, 0.25) is 0 Å². The largest absolute Gasteiger partial charge is 0.496 e. The number of methoxy groups -OCH3 is 1. The van der Waals surface area contributed by atoms with Gasteiger partial charge in [-0.2, -0.15) is 0 Å². The minimum absolute atomic E-state index is 0. The standard InChI is InChI=1S/C20H33N5O2.HI/c1-5-21-20(23-15-19(26)25-12-8-9-13-25)22-14-17(24(2)3)16-10-6-7-11-18(16)27-4;/h6-7,10-11,17H,5,8-9,12-15H2,1-4H3,(H2,21,22,23);1H. The van der Waals surface area contributed by atoms with Crippen molar-refractivity contribution in [1.82, 2.24) is 20.4 Å². The number of nitrogens with one attached hydrogen (secondary N) is 2. The first-order chi connectivity index (χ1) is 13.1. The van der Waals surface area contributed by atoms with E-state index in [1.54, 1.807) is 7.11 Å². The molecule has 1 atom stereocenters. The predicted molar refractivity (Wildman–Crippen MR) is 125 cm³/mol. The van der Waals surface area contributed by atoms with Gasteiger partial charge in [0.1, 0.15) is 12.3 Å². The number of amides is 1. The summed E-state index contributed by atoms with van der Waals surface area (Å²) in [6, 6.07) is 8.14. The van der Waals surface area contributed by atoms with Gasteiger partial charge in [-0.05, 0) is 39.9 Å². The van der Waals surface area contributed by atoms with Crippen LogP contribution in [0.5, 0.6) is 5.75 Å². The number of nitrogens with zero attached hydrogens (tertiary/aromatic N) is 3. The highest BCUT2D eigenvalue weighted by Crippen LogP contribution is 2.27. The number of halogens is 1. The molecule has 1 aliphatic rings. The lowest BCUT2D eigenvalue weighted by Gasteiger charge is -2.27. The molecule has 1 unspecified atom stereocenters. The average Bonchev–Trinajstić information content (AvgIpc) is 3.21. The first kappa shape index (κ1) is 24.5. The van der Waals surface area contributed by atoms with Gasteiger partial charge < -0.3 is 25.2 Å². The van der Waals surface area contributed by atoms with Crippen LogP contribution in [0.3, 0.4) is 0 Å². The van der Waals surface area contributed by atoms with Crippen molar-refractivity contribution in [1.29, 1.82) is 0 Å². The molecule has 8 heteroatoms. The van der Waals surface area contributed by atoms with E-state index >= 15 is 0 Å². The van der Waals surface area contributed by atoms with Crippen molar-refractivity contribution in [2.24, 2.45) is 4.99 Å². The molecule has 1 amide bonds. The molecule has 0 bridgehead atoms. The zero-order valence-electron chi connectivity index (χ0n) is 17.4. The van der Waals surface area contributed by atoms with E-state index in [9.17, 15) is 4.79 Å². The summed E-state index contributed by atoms with van der Waals surface area (Å²) in [5.74, 6) is 1.62. The van der Waals surface area contributed by atoms with E-state index in [4.69, 9.17) is 4.74 Å². The Labute approximate surface area is 185 Å². The third-order valence-corrected chi connectivity index (χ3v) is 4.76. The number of para-hydroxylation sites is 1. The molecule has 1 heterocycles. The molecular weight excluding hydrogens is 469 g/mol. The molecule has 7 nitrogen and oxygen atoms in total. The monoisotopic (exact) mass is 503 g/mol. The van der Waals surface area contributed by atoms with E-state index in [0.717, 1.165) is 43.8 Å².